The number of nitrogens with zero attached hydrogens (tertiary/aromatic N) is 2. The van der Waals surface area contributed by atoms with E-state index >= 15 is 0 Å². The molecule has 5 nitrogen and oxygen atoms in total. The van der Waals surface area contributed by atoms with Crippen LogP contribution in [0.25, 0.3) is 0 Å². The molecule has 4 rings (SSSR count). The first kappa shape index (κ1) is 20.1. The molecule has 0 aromatic heterocycles. The number of carbonyl (C=O) groups is 1. The van der Waals surface area contributed by atoms with Gasteiger partial charge in [0.25, 0.3) is 5.91 Å². The lowest BCUT2D eigenvalue weighted by Gasteiger charge is -2.36. The third-order valence-electron chi connectivity index (χ3n) is 5.70. The molecule has 1 fully saturated rings. The Balaban J connectivity index is 1.47. The Labute approximate surface area is 177 Å². The van der Waals surface area contributed by atoms with Gasteiger partial charge in [-0.1, -0.05) is 72.8 Å². The first-order valence-electron chi connectivity index (χ1n) is 10.3. The lowest BCUT2D eigenvalue weighted by molar-refractivity contribution is -0.129. The number of amides is 1. The van der Waals surface area contributed by atoms with Crippen LogP contribution in [0.5, 0.6) is 0 Å². The van der Waals surface area contributed by atoms with Crippen molar-refractivity contribution in [3.05, 3.63) is 102 Å². The number of benzene rings is 3. The number of piperazine rings is 1. The third-order valence-corrected chi connectivity index (χ3v) is 5.70. The van der Waals surface area contributed by atoms with Crippen LogP contribution in [0.1, 0.15) is 22.6 Å². The molecule has 154 valence electrons. The highest BCUT2D eigenvalue weighted by molar-refractivity contribution is 5.86. The Morgan fingerprint density at radius 2 is 1.47 bits per heavy atom. The summed E-state index contributed by atoms with van der Waals surface area (Å²) in [5.74, 6) is -0.971. The number of rotatable bonds is 6. The first-order valence-corrected chi connectivity index (χ1v) is 10.3. The van der Waals surface area contributed by atoms with E-state index in [1.54, 1.807) is 0 Å². The van der Waals surface area contributed by atoms with Crippen LogP contribution in [0.3, 0.4) is 0 Å². The van der Waals surface area contributed by atoms with Crippen molar-refractivity contribution < 1.29 is 10.0 Å². The van der Waals surface area contributed by atoms with Crippen LogP contribution in [-0.4, -0.2) is 42.2 Å². The van der Waals surface area contributed by atoms with E-state index in [4.69, 9.17) is 0 Å². The molecule has 1 saturated heterocycles. The number of hydrogen-bond donors (Lipinski definition) is 2. The maximum absolute atomic E-state index is 12.4. The van der Waals surface area contributed by atoms with Gasteiger partial charge < -0.3 is 4.90 Å². The molecule has 3 aromatic rings. The van der Waals surface area contributed by atoms with Crippen LogP contribution < -0.4 is 10.4 Å². The molecule has 0 saturated carbocycles. The minimum absolute atomic E-state index is 0.425. The van der Waals surface area contributed by atoms with Crippen molar-refractivity contribution in [2.24, 2.45) is 0 Å². The molecule has 0 radical (unpaired) electrons. The van der Waals surface area contributed by atoms with Crippen LogP contribution >= 0.6 is 0 Å². The molecule has 30 heavy (non-hydrogen) atoms. The largest absolute Gasteiger partial charge is 0.369 e. The van der Waals surface area contributed by atoms with E-state index < -0.39 is 11.8 Å². The monoisotopic (exact) mass is 401 g/mol. The summed E-state index contributed by atoms with van der Waals surface area (Å²) in [5.41, 5.74) is 6.01. The third kappa shape index (κ3) is 4.70. The molecule has 3 aromatic carbocycles. The van der Waals surface area contributed by atoms with Crippen LogP contribution in [0.15, 0.2) is 84.9 Å². The van der Waals surface area contributed by atoms with Crippen LogP contribution in [-0.2, 0) is 11.3 Å². The van der Waals surface area contributed by atoms with E-state index in [2.05, 4.69) is 46.2 Å². The molecule has 1 aliphatic heterocycles. The van der Waals surface area contributed by atoms with Crippen LogP contribution in [0, 0.1) is 0 Å². The Morgan fingerprint density at radius 1 is 0.833 bits per heavy atom. The minimum Gasteiger partial charge on any atom is -0.369 e. The zero-order chi connectivity index (χ0) is 20.8. The molecular weight excluding hydrogens is 374 g/mol. The van der Waals surface area contributed by atoms with Gasteiger partial charge in [0.1, 0.15) is 0 Å². The molecule has 0 bridgehead atoms. The van der Waals surface area contributed by atoms with E-state index in [1.165, 1.54) is 5.56 Å². The summed E-state index contributed by atoms with van der Waals surface area (Å²) in [4.78, 5) is 17.3. The van der Waals surface area contributed by atoms with E-state index in [-0.39, 0.29) is 0 Å². The maximum Gasteiger partial charge on any atom is 0.255 e. The molecule has 1 atom stereocenters. The summed E-state index contributed by atoms with van der Waals surface area (Å²) < 4.78 is 0. The zero-order valence-electron chi connectivity index (χ0n) is 16.9. The Morgan fingerprint density at radius 3 is 2.13 bits per heavy atom. The van der Waals surface area contributed by atoms with Crippen molar-refractivity contribution in [3.63, 3.8) is 0 Å². The highest BCUT2D eigenvalue weighted by Crippen LogP contribution is 2.28. The molecular formula is C25H27N3O2. The zero-order valence-corrected chi connectivity index (χ0v) is 16.9. The SMILES string of the molecule is O=C(NO)C(c1ccccc1)c1cccc(N2CCN(Cc3ccccc3)CC2)c1. The van der Waals surface area contributed by atoms with Gasteiger partial charge in [-0.05, 0) is 28.8 Å². The number of nitrogens with one attached hydrogen (secondary N) is 1. The predicted octanol–water partition coefficient (Wildman–Crippen LogP) is 3.65. The number of hydroxylamine groups is 1. The summed E-state index contributed by atoms with van der Waals surface area (Å²) in [6.07, 6.45) is 0. The van der Waals surface area contributed by atoms with Crippen molar-refractivity contribution in [1.29, 1.82) is 0 Å². The summed E-state index contributed by atoms with van der Waals surface area (Å²) >= 11 is 0. The van der Waals surface area contributed by atoms with Crippen molar-refractivity contribution in [2.45, 2.75) is 12.5 Å². The van der Waals surface area contributed by atoms with Crippen molar-refractivity contribution in [2.75, 3.05) is 31.1 Å². The van der Waals surface area contributed by atoms with Gasteiger partial charge in [-0.25, -0.2) is 5.48 Å². The molecule has 2 N–H and O–H groups in total. The summed E-state index contributed by atoms with van der Waals surface area (Å²) in [5, 5.41) is 9.28. The number of carbonyl (C=O) groups excluding carboxylic acids is 1. The van der Waals surface area contributed by atoms with Crippen molar-refractivity contribution in [1.82, 2.24) is 10.4 Å². The average molecular weight is 402 g/mol. The molecule has 1 aliphatic rings. The van der Waals surface area contributed by atoms with E-state index in [0.29, 0.717) is 0 Å². The first-order chi connectivity index (χ1) is 14.7. The normalized spacial score (nSPS) is 15.6. The topological polar surface area (TPSA) is 55.8 Å². The molecule has 1 unspecified atom stereocenters. The second-order valence-electron chi connectivity index (χ2n) is 7.66. The molecule has 5 heteroatoms. The summed E-state index contributed by atoms with van der Waals surface area (Å²) in [6, 6.07) is 28.2. The van der Waals surface area contributed by atoms with Crippen LogP contribution in [0.2, 0.25) is 0 Å². The lowest BCUT2D eigenvalue weighted by Crippen LogP contribution is -2.46. The number of anilines is 1. The lowest BCUT2D eigenvalue weighted by atomic mass is 9.90. The van der Waals surface area contributed by atoms with Crippen molar-refractivity contribution in [3.8, 4) is 0 Å². The Kier molecular flexibility index (Phi) is 6.42. The van der Waals surface area contributed by atoms with E-state index in [9.17, 15) is 10.0 Å². The maximum atomic E-state index is 12.4. The fourth-order valence-electron chi connectivity index (χ4n) is 4.11. The van der Waals surface area contributed by atoms with Gasteiger partial charge in [-0.2, -0.15) is 0 Å². The quantitative estimate of drug-likeness (QED) is 0.489. The van der Waals surface area contributed by atoms with Gasteiger partial charge in [0, 0.05) is 38.4 Å². The second-order valence-corrected chi connectivity index (χ2v) is 7.66. The second kappa shape index (κ2) is 9.57. The van der Waals surface area contributed by atoms with Gasteiger partial charge in [-0.3, -0.25) is 14.9 Å². The van der Waals surface area contributed by atoms with Gasteiger partial charge >= 0.3 is 0 Å². The molecule has 0 spiro atoms. The Bertz CT molecular complexity index is 954. The predicted molar refractivity (Wildman–Crippen MR) is 119 cm³/mol. The summed E-state index contributed by atoms with van der Waals surface area (Å²) in [6.45, 7) is 4.86. The fourth-order valence-corrected chi connectivity index (χ4v) is 4.11. The van der Waals surface area contributed by atoms with Crippen molar-refractivity contribution >= 4 is 11.6 Å². The van der Waals surface area contributed by atoms with Gasteiger partial charge in [0.15, 0.2) is 0 Å². The Hall–Kier alpha value is -3.15. The number of hydrogen-bond acceptors (Lipinski definition) is 4. The molecule has 1 amide bonds. The average Bonchev–Trinajstić information content (AvgIpc) is 2.81. The van der Waals surface area contributed by atoms with Crippen LogP contribution in [0.4, 0.5) is 5.69 Å². The highest BCUT2D eigenvalue weighted by atomic mass is 16.5. The van der Waals surface area contributed by atoms with E-state index in [0.717, 1.165) is 49.5 Å². The minimum atomic E-state index is -0.546. The highest BCUT2D eigenvalue weighted by Gasteiger charge is 2.24. The van der Waals surface area contributed by atoms with E-state index in [1.807, 2.05) is 54.0 Å². The fraction of sp³-hybridized carbons (Fsp3) is 0.240. The van der Waals surface area contributed by atoms with Gasteiger partial charge in [0.05, 0.1) is 5.92 Å². The van der Waals surface area contributed by atoms with Gasteiger partial charge in [0.2, 0.25) is 0 Å². The summed E-state index contributed by atoms with van der Waals surface area (Å²) in [7, 11) is 0. The molecule has 0 aliphatic carbocycles. The smallest absolute Gasteiger partial charge is 0.255 e. The molecule has 1 heterocycles. The standard InChI is InChI=1S/C25H27N3O2/c29-25(26-30)24(21-10-5-2-6-11-21)22-12-7-13-23(18-22)28-16-14-27(15-17-28)19-20-8-3-1-4-9-20/h1-13,18,24,30H,14-17,19H2,(H,26,29). The van der Waals surface area contributed by atoms with Gasteiger partial charge in [-0.15, -0.1) is 0 Å².